The van der Waals surface area contributed by atoms with E-state index in [2.05, 4.69) is 25.6 Å². The SMILES string of the molecule is CCN1C(=O)N(C)c2cnc(Nc3ccc(C(=O)Nc4cccnc4)cc3)nc2N1C1CCCC1. The van der Waals surface area contributed by atoms with Gasteiger partial charge in [0.2, 0.25) is 5.95 Å². The summed E-state index contributed by atoms with van der Waals surface area (Å²) in [5.74, 6) is 0.943. The van der Waals surface area contributed by atoms with Crippen molar-refractivity contribution in [2.24, 2.45) is 0 Å². The lowest BCUT2D eigenvalue weighted by molar-refractivity contribution is 0.102. The standard InChI is InChI=1S/C25H28N8O2/c1-3-32-25(35)31(2)21-16-27-24(30-22(21)33(32)20-8-4-5-9-20)29-18-12-10-17(11-13-18)23(34)28-19-7-6-14-26-15-19/h6-7,10-16,20H,3-5,8-9H2,1-2H3,(H,28,34)(H,27,29,30). The van der Waals surface area contributed by atoms with Crippen LogP contribution in [-0.2, 0) is 0 Å². The van der Waals surface area contributed by atoms with Crippen molar-refractivity contribution in [3.63, 3.8) is 0 Å². The highest BCUT2D eigenvalue weighted by molar-refractivity contribution is 6.04. The van der Waals surface area contributed by atoms with Crippen LogP contribution < -0.4 is 20.5 Å². The Morgan fingerprint density at radius 3 is 2.54 bits per heavy atom. The highest BCUT2D eigenvalue weighted by atomic mass is 16.2. The lowest BCUT2D eigenvalue weighted by atomic mass is 10.2. The number of hydrazine groups is 1. The average molecular weight is 473 g/mol. The number of pyridine rings is 1. The summed E-state index contributed by atoms with van der Waals surface area (Å²) in [6, 6.07) is 10.8. The molecule has 0 bridgehead atoms. The van der Waals surface area contributed by atoms with Crippen LogP contribution >= 0.6 is 0 Å². The predicted octanol–water partition coefficient (Wildman–Crippen LogP) is 4.42. The van der Waals surface area contributed by atoms with Crippen molar-refractivity contribution in [1.29, 1.82) is 0 Å². The van der Waals surface area contributed by atoms with Crippen LogP contribution in [0.4, 0.5) is 33.6 Å². The number of amides is 3. The number of nitrogens with one attached hydrogen (secondary N) is 2. The topological polar surface area (TPSA) is 107 Å². The minimum Gasteiger partial charge on any atom is -0.324 e. The Morgan fingerprint density at radius 2 is 1.86 bits per heavy atom. The van der Waals surface area contributed by atoms with Gasteiger partial charge in [-0.3, -0.25) is 19.7 Å². The number of hydrogen-bond acceptors (Lipinski definition) is 7. The van der Waals surface area contributed by atoms with E-state index in [4.69, 9.17) is 4.98 Å². The largest absolute Gasteiger partial charge is 0.343 e. The summed E-state index contributed by atoms with van der Waals surface area (Å²) in [6.07, 6.45) is 9.30. The Morgan fingerprint density at radius 1 is 1.09 bits per heavy atom. The number of anilines is 5. The molecule has 0 unspecified atom stereocenters. The molecule has 3 heterocycles. The van der Waals surface area contributed by atoms with E-state index in [9.17, 15) is 9.59 Å². The average Bonchev–Trinajstić information content (AvgIpc) is 3.41. The molecule has 1 aliphatic heterocycles. The molecule has 10 nitrogen and oxygen atoms in total. The monoisotopic (exact) mass is 472 g/mol. The molecule has 1 aliphatic carbocycles. The highest BCUT2D eigenvalue weighted by Gasteiger charge is 2.39. The first-order valence-electron chi connectivity index (χ1n) is 11.8. The second kappa shape index (κ2) is 9.57. The van der Waals surface area contributed by atoms with Gasteiger partial charge in [0.1, 0.15) is 5.69 Å². The Labute approximate surface area is 204 Å². The number of hydrogen-bond donors (Lipinski definition) is 2. The van der Waals surface area contributed by atoms with Gasteiger partial charge in [0.15, 0.2) is 5.82 Å². The van der Waals surface area contributed by atoms with E-state index < -0.39 is 0 Å². The van der Waals surface area contributed by atoms with Gasteiger partial charge in [-0.2, -0.15) is 4.98 Å². The van der Waals surface area contributed by atoms with Crippen LogP contribution in [0.2, 0.25) is 0 Å². The second-order valence-electron chi connectivity index (χ2n) is 8.64. The molecule has 0 saturated heterocycles. The Hall–Kier alpha value is -4.21. The smallest absolute Gasteiger partial charge is 0.324 e. The molecular weight excluding hydrogens is 444 g/mol. The molecule has 1 aromatic carbocycles. The molecule has 0 spiro atoms. The van der Waals surface area contributed by atoms with Crippen LogP contribution in [0.15, 0.2) is 55.0 Å². The lowest BCUT2D eigenvalue weighted by Gasteiger charge is -2.45. The number of urea groups is 1. The Kier molecular flexibility index (Phi) is 6.17. The van der Waals surface area contributed by atoms with Crippen LogP contribution in [0.1, 0.15) is 43.0 Å². The minimum absolute atomic E-state index is 0.0728. The Balaban J connectivity index is 1.36. The number of carbonyl (C=O) groups excluding carboxylic acids is 2. The van der Waals surface area contributed by atoms with E-state index in [1.807, 2.05) is 19.1 Å². The van der Waals surface area contributed by atoms with Crippen molar-refractivity contribution in [3.05, 3.63) is 60.6 Å². The van der Waals surface area contributed by atoms with Gasteiger partial charge < -0.3 is 10.6 Å². The number of rotatable bonds is 6. The molecule has 5 rings (SSSR count). The number of aromatic nitrogens is 3. The van der Waals surface area contributed by atoms with E-state index in [1.165, 1.54) is 0 Å². The van der Waals surface area contributed by atoms with Gasteiger partial charge in [0.05, 0.1) is 24.1 Å². The molecule has 3 amide bonds. The molecule has 1 saturated carbocycles. The molecule has 180 valence electrons. The number of carbonyl (C=O) groups is 2. The van der Waals surface area contributed by atoms with Crippen molar-refractivity contribution in [2.75, 3.05) is 34.1 Å². The van der Waals surface area contributed by atoms with Crippen LogP contribution in [0.25, 0.3) is 0 Å². The first kappa shape index (κ1) is 22.6. The number of fused-ring (bicyclic) bond motifs is 1. The van der Waals surface area contributed by atoms with Crippen LogP contribution in [-0.4, -0.2) is 51.5 Å². The number of benzene rings is 1. The first-order chi connectivity index (χ1) is 17.0. The van der Waals surface area contributed by atoms with Crippen molar-refractivity contribution in [2.45, 2.75) is 38.6 Å². The maximum Gasteiger partial charge on any atom is 0.343 e. The van der Waals surface area contributed by atoms with E-state index in [0.717, 1.165) is 37.2 Å². The van der Waals surface area contributed by atoms with Crippen LogP contribution in [0.5, 0.6) is 0 Å². The third kappa shape index (κ3) is 4.46. The van der Waals surface area contributed by atoms with Gasteiger partial charge in [0, 0.05) is 31.0 Å². The predicted molar refractivity (Wildman–Crippen MR) is 135 cm³/mol. The summed E-state index contributed by atoms with van der Waals surface area (Å²) in [4.78, 5) is 40.3. The summed E-state index contributed by atoms with van der Waals surface area (Å²) in [6.45, 7) is 2.54. The van der Waals surface area contributed by atoms with Crippen LogP contribution in [0, 0.1) is 0 Å². The van der Waals surface area contributed by atoms with Crippen molar-refractivity contribution in [1.82, 2.24) is 20.0 Å². The molecule has 2 N–H and O–H groups in total. The summed E-state index contributed by atoms with van der Waals surface area (Å²) >= 11 is 0. The maximum atomic E-state index is 13.0. The zero-order valence-electron chi connectivity index (χ0n) is 19.8. The number of nitrogens with zero attached hydrogens (tertiary/aromatic N) is 6. The zero-order valence-corrected chi connectivity index (χ0v) is 19.8. The fourth-order valence-corrected chi connectivity index (χ4v) is 4.60. The van der Waals surface area contributed by atoms with Crippen LogP contribution in [0.3, 0.4) is 0 Å². The fourth-order valence-electron chi connectivity index (χ4n) is 4.60. The Bertz CT molecular complexity index is 1210. The fraction of sp³-hybridized carbons (Fsp3) is 0.320. The zero-order chi connectivity index (χ0) is 24.4. The molecule has 35 heavy (non-hydrogen) atoms. The van der Waals surface area contributed by atoms with Crippen molar-refractivity contribution >= 4 is 40.8 Å². The van der Waals surface area contributed by atoms with Gasteiger partial charge in [-0.05, 0) is 56.2 Å². The van der Waals surface area contributed by atoms with Gasteiger partial charge in [-0.15, -0.1) is 0 Å². The summed E-state index contributed by atoms with van der Waals surface area (Å²) in [5, 5.41) is 9.88. The van der Waals surface area contributed by atoms with Gasteiger partial charge >= 0.3 is 6.03 Å². The third-order valence-electron chi connectivity index (χ3n) is 6.39. The first-order valence-corrected chi connectivity index (χ1v) is 11.8. The highest BCUT2D eigenvalue weighted by Crippen LogP contribution is 2.38. The molecule has 10 heteroatoms. The van der Waals surface area contributed by atoms with E-state index >= 15 is 0 Å². The normalized spacial score (nSPS) is 15.8. The van der Waals surface area contributed by atoms with E-state index in [0.29, 0.717) is 29.4 Å². The van der Waals surface area contributed by atoms with Crippen molar-refractivity contribution < 1.29 is 9.59 Å². The molecule has 2 aliphatic rings. The van der Waals surface area contributed by atoms with Gasteiger partial charge in [-0.25, -0.2) is 14.8 Å². The van der Waals surface area contributed by atoms with E-state index in [1.54, 1.807) is 59.8 Å². The minimum atomic E-state index is -0.214. The second-order valence-corrected chi connectivity index (χ2v) is 8.64. The maximum absolute atomic E-state index is 13.0. The third-order valence-corrected chi connectivity index (χ3v) is 6.39. The molecule has 0 radical (unpaired) electrons. The van der Waals surface area contributed by atoms with Gasteiger partial charge in [-0.1, -0.05) is 12.8 Å². The molecule has 2 aromatic heterocycles. The summed E-state index contributed by atoms with van der Waals surface area (Å²) < 4.78 is 0. The van der Waals surface area contributed by atoms with Crippen molar-refractivity contribution in [3.8, 4) is 0 Å². The van der Waals surface area contributed by atoms with Gasteiger partial charge in [0.25, 0.3) is 5.91 Å². The summed E-state index contributed by atoms with van der Waals surface area (Å²) in [5.41, 5.74) is 2.61. The molecular formula is C25H28N8O2. The molecule has 3 aromatic rings. The molecule has 0 atom stereocenters. The lowest BCUT2D eigenvalue weighted by Crippen LogP contribution is -2.59. The quantitative estimate of drug-likeness (QED) is 0.547. The van der Waals surface area contributed by atoms with E-state index in [-0.39, 0.29) is 18.0 Å². The molecule has 1 fully saturated rings. The summed E-state index contributed by atoms with van der Waals surface area (Å²) in [7, 11) is 1.75.